The summed E-state index contributed by atoms with van der Waals surface area (Å²) in [5.41, 5.74) is 1.04. The van der Waals surface area contributed by atoms with Gasteiger partial charge in [0.1, 0.15) is 17.1 Å². The molecule has 0 fully saturated rings. The summed E-state index contributed by atoms with van der Waals surface area (Å²) >= 11 is 5.93. The third-order valence-electron chi connectivity index (χ3n) is 5.06. The highest BCUT2D eigenvalue weighted by Gasteiger charge is 2.47. The normalized spacial score (nSPS) is 18.1. The number of anilines is 2. The maximum absolute atomic E-state index is 13.8. The van der Waals surface area contributed by atoms with Crippen LogP contribution in [0.25, 0.3) is 0 Å². The van der Waals surface area contributed by atoms with Crippen molar-refractivity contribution in [2.24, 2.45) is 0 Å². The predicted molar refractivity (Wildman–Crippen MR) is 111 cm³/mol. The predicted octanol–water partition coefficient (Wildman–Crippen LogP) is 5.46. The zero-order valence-electron chi connectivity index (χ0n) is 16.3. The highest BCUT2D eigenvalue weighted by Crippen LogP contribution is 2.44. The van der Waals surface area contributed by atoms with E-state index >= 15 is 0 Å². The second-order valence-corrected chi connectivity index (χ2v) is 7.52. The fraction of sp³-hybridized carbons (Fsp3) is 0.238. The summed E-state index contributed by atoms with van der Waals surface area (Å²) in [7, 11) is 1.49. The second kappa shape index (κ2) is 8.14. The fourth-order valence-electron chi connectivity index (χ4n) is 3.57. The van der Waals surface area contributed by atoms with Gasteiger partial charge < -0.3 is 15.4 Å². The van der Waals surface area contributed by atoms with Gasteiger partial charge in [-0.25, -0.2) is 4.68 Å². The fourth-order valence-corrected chi connectivity index (χ4v) is 3.76. The molecule has 4 rings (SSSR count). The van der Waals surface area contributed by atoms with Gasteiger partial charge >= 0.3 is 6.18 Å². The van der Waals surface area contributed by atoms with Gasteiger partial charge in [0.25, 0.3) is 5.91 Å². The van der Waals surface area contributed by atoms with Gasteiger partial charge in [0, 0.05) is 17.1 Å². The Hall–Kier alpha value is -3.20. The quantitative estimate of drug-likeness (QED) is 0.554. The van der Waals surface area contributed by atoms with Crippen LogP contribution in [0, 0.1) is 0 Å². The first-order chi connectivity index (χ1) is 14.8. The molecule has 1 aliphatic heterocycles. The lowest BCUT2D eigenvalue weighted by Gasteiger charge is -2.34. The van der Waals surface area contributed by atoms with Gasteiger partial charge in [-0.1, -0.05) is 29.8 Å². The van der Waals surface area contributed by atoms with Crippen molar-refractivity contribution in [3.63, 3.8) is 0 Å². The summed E-state index contributed by atoms with van der Waals surface area (Å²) in [6, 6.07) is 10.7. The molecule has 0 aliphatic carbocycles. The molecule has 2 heterocycles. The molecule has 0 unspecified atom stereocenters. The van der Waals surface area contributed by atoms with Crippen LogP contribution >= 0.6 is 11.6 Å². The zero-order valence-corrected chi connectivity index (χ0v) is 17.0. The highest BCUT2D eigenvalue weighted by molar-refractivity contribution is 6.31. The molecule has 3 aromatic rings. The SMILES string of the molecule is COc1cccc([C@@H]2C[C@H](C(F)(F)F)n3ncc(C(=O)Nc4cccc(Cl)c4)c3N2)c1. The number of hydrogen-bond donors (Lipinski definition) is 2. The van der Waals surface area contributed by atoms with E-state index in [4.69, 9.17) is 16.3 Å². The molecule has 162 valence electrons. The van der Waals surface area contributed by atoms with Crippen LogP contribution in [0.15, 0.2) is 54.7 Å². The van der Waals surface area contributed by atoms with E-state index in [1.807, 2.05) is 0 Å². The number of nitrogens with one attached hydrogen (secondary N) is 2. The molecule has 0 saturated heterocycles. The van der Waals surface area contributed by atoms with E-state index in [-0.39, 0.29) is 17.8 Å². The molecule has 2 aromatic carbocycles. The molecule has 1 aliphatic rings. The average Bonchev–Trinajstić information content (AvgIpc) is 3.16. The van der Waals surface area contributed by atoms with Crippen molar-refractivity contribution < 1.29 is 22.7 Å². The van der Waals surface area contributed by atoms with E-state index in [0.29, 0.717) is 22.0 Å². The number of nitrogens with zero attached hydrogens (tertiary/aromatic N) is 2. The Labute approximate surface area is 181 Å². The van der Waals surface area contributed by atoms with Crippen molar-refractivity contribution in [3.8, 4) is 5.75 Å². The molecule has 0 radical (unpaired) electrons. The van der Waals surface area contributed by atoms with E-state index in [9.17, 15) is 18.0 Å². The van der Waals surface area contributed by atoms with E-state index in [1.54, 1.807) is 48.5 Å². The Morgan fingerprint density at radius 3 is 2.74 bits per heavy atom. The number of hydrogen-bond acceptors (Lipinski definition) is 4. The Bertz CT molecular complexity index is 1120. The summed E-state index contributed by atoms with van der Waals surface area (Å²) in [6.07, 6.45) is -3.68. The second-order valence-electron chi connectivity index (χ2n) is 7.08. The van der Waals surface area contributed by atoms with Crippen molar-refractivity contribution in [2.75, 3.05) is 17.7 Å². The number of benzene rings is 2. The molecule has 2 N–H and O–H groups in total. The minimum atomic E-state index is -4.54. The highest BCUT2D eigenvalue weighted by atomic mass is 35.5. The minimum Gasteiger partial charge on any atom is -0.497 e. The molecule has 0 bridgehead atoms. The van der Waals surface area contributed by atoms with E-state index in [1.165, 1.54) is 7.11 Å². The number of rotatable bonds is 4. The summed E-state index contributed by atoms with van der Waals surface area (Å²) < 4.78 is 47.5. The number of carbonyl (C=O) groups excluding carboxylic acids is 1. The lowest BCUT2D eigenvalue weighted by atomic mass is 9.96. The van der Waals surface area contributed by atoms with Crippen molar-refractivity contribution in [1.82, 2.24) is 9.78 Å². The lowest BCUT2D eigenvalue weighted by molar-refractivity contribution is -0.173. The van der Waals surface area contributed by atoms with Crippen LogP contribution in [-0.4, -0.2) is 29.0 Å². The number of amides is 1. The first-order valence-corrected chi connectivity index (χ1v) is 9.75. The molecule has 1 amide bonds. The van der Waals surface area contributed by atoms with Crippen LogP contribution in [0.2, 0.25) is 5.02 Å². The van der Waals surface area contributed by atoms with Gasteiger partial charge in [-0.3, -0.25) is 4.79 Å². The topological polar surface area (TPSA) is 68.2 Å². The van der Waals surface area contributed by atoms with E-state index < -0.39 is 24.2 Å². The number of halogens is 4. The standard InChI is InChI=1S/C21H18ClF3N4O2/c1-31-15-7-2-4-12(8-15)17-10-18(21(23,24)25)29-19(28-17)16(11-26-29)20(30)27-14-6-3-5-13(22)9-14/h2-9,11,17-18,28H,10H2,1H3,(H,27,30)/t17-,18+/m0/s1. The molecule has 0 spiro atoms. The summed E-state index contributed by atoms with van der Waals surface area (Å²) in [4.78, 5) is 12.8. The van der Waals surface area contributed by atoms with Crippen molar-refractivity contribution >= 4 is 29.0 Å². The first kappa shape index (κ1) is 21.0. The first-order valence-electron chi connectivity index (χ1n) is 9.38. The van der Waals surface area contributed by atoms with Gasteiger partial charge in [-0.15, -0.1) is 0 Å². The van der Waals surface area contributed by atoms with Crippen LogP contribution in [0.1, 0.15) is 34.4 Å². The Kier molecular flexibility index (Phi) is 5.53. The van der Waals surface area contributed by atoms with E-state index in [0.717, 1.165) is 10.9 Å². The van der Waals surface area contributed by atoms with Gasteiger partial charge in [-0.2, -0.15) is 18.3 Å². The maximum Gasteiger partial charge on any atom is 0.410 e. The number of fused-ring (bicyclic) bond motifs is 1. The molecule has 31 heavy (non-hydrogen) atoms. The van der Waals surface area contributed by atoms with Crippen LogP contribution in [0.5, 0.6) is 5.75 Å². The van der Waals surface area contributed by atoms with Crippen molar-refractivity contribution in [1.29, 1.82) is 0 Å². The van der Waals surface area contributed by atoms with Crippen molar-refractivity contribution in [3.05, 3.63) is 70.9 Å². The van der Waals surface area contributed by atoms with Crippen LogP contribution in [-0.2, 0) is 0 Å². The number of alkyl halides is 3. The van der Waals surface area contributed by atoms with Gasteiger partial charge in [0.15, 0.2) is 6.04 Å². The third kappa shape index (κ3) is 4.32. The number of methoxy groups -OCH3 is 1. The number of ether oxygens (including phenoxy) is 1. The average molecular weight is 451 g/mol. The Balaban J connectivity index is 1.70. The van der Waals surface area contributed by atoms with E-state index in [2.05, 4.69) is 15.7 Å². The minimum absolute atomic E-state index is 0.000855. The Morgan fingerprint density at radius 1 is 1.26 bits per heavy atom. The van der Waals surface area contributed by atoms with Gasteiger partial charge in [-0.05, 0) is 35.9 Å². The van der Waals surface area contributed by atoms with Crippen LogP contribution in [0.4, 0.5) is 24.7 Å². The van der Waals surface area contributed by atoms with Crippen LogP contribution < -0.4 is 15.4 Å². The third-order valence-corrected chi connectivity index (χ3v) is 5.30. The number of aromatic nitrogens is 2. The largest absolute Gasteiger partial charge is 0.497 e. The van der Waals surface area contributed by atoms with Gasteiger partial charge in [0.2, 0.25) is 0 Å². The van der Waals surface area contributed by atoms with Crippen LogP contribution in [0.3, 0.4) is 0 Å². The molecule has 0 saturated carbocycles. The lowest BCUT2D eigenvalue weighted by Crippen LogP contribution is -2.36. The summed E-state index contributed by atoms with van der Waals surface area (Å²) in [5, 5.41) is 9.98. The zero-order chi connectivity index (χ0) is 22.2. The number of carbonyl (C=O) groups is 1. The molecule has 6 nitrogen and oxygen atoms in total. The smallest absolute Gasteiger partial charge is 0.410 e. The molecular formula is C21H18ClF3N4O2. The summed E-state index contributed by atoms with van der Waals surface area (Å²) in [5.74, 6) is -0.0648. The molecule has 10 heteroatoms. The molecule has 1 aromatic heterocycles. The summed E-state index contributed by atoms with van der Waals surface area (Å²) in [6.45, 7) is 0. The Morgan fingerprint density at radius 2 is 2.03 bits per heavy atom. The maximum atomic E-state index is 13.8. The van der Waals surface area contributed by atoms with Gasteiger partial charge in [0.05, 0.1) is 19.3 Å². The van der Waals surface area contributed by atoms with Crippen molar-refractivity contribution in [2.45, 2.75) is 24.7 Å². The molecular weight excluding hydrogens is 433 g/mol. The monoisotopic (exact) mass is 450 g/mol. The molecule has 2 atom stereocenters.